The van der Waals surface area contributed by atoms with E-state index in [2.05, 4.69) is 13.8 Å². The fourth-order valence-corrected chi connectivity index (χ4v) is 6.17. The smallest absolute Gasteiger partial charge is 0.327 e. The molecular formula is C42H82O4. The van der Waals surface area contributed by atoms with Gasteiger partial charge in [-0.3, -0.25) is 4.79 Å². The summed E-state index contributed by atoms with van der Waals surface area (Å²) in [7, 11) is 0. The van der Waals surface area contributed by atoms with E-state index >= 15 is 0 Å². The fraction of sp³-hybridized carbons (Fsp3) is 0.905. The minimum Gasteiger partial charge on any atom is -0.481 e. The summed E-state index contributed by atoms with van der Waals surface area (Å²) in [6.07, 6.45) is 50.6. The minimum atomic E-state index is -0.832. The molecule has 0 saturated carbocycles. The lowest BCUT2D eigenvalue weighted by molar-refractivity contribution is -0.137. The Kier molecular flexibility index (Phi) is 44.4. The molecule has 0 aliphatic heterocycles. The van der Waals surface area contributed by atoms with Crippen LogP contribution in [0.1, 0.15) is 245 Å². The first-order chi connectivity index (χ1) is 22.5. The van der Waals surface area contributed by atoms with Crippen molar-refractivity contribution < 1.29 is 19.8 Å². The first-order valence-electron chi connectivity index (χ1n) is 20.7. The number of carbonyl (C=O) groups is 2. The lowest BCUT2D eigenvalue weighted by Gasteiger charge is -2.03. The van der Waals surface area contributed by atoms with Gasteiger partial charge >= 0.3 is 11.9 Å². The quantitative estimate of drug-likeness (QED) is 0.0518. The fourth-order valence-electron chi connectivity index (χ4n) is 6.17. The van der Waals surface area contributed by atoms with E-state index in [1.54, 1.807) is 6.08 Å². The molecule has 0 aromatic heterocycles. The first kappa shape index (κ1) is 46.8. The molecule has 2 N–H and O–H groups in total. The van der Waals surface area contributed by atoms with Gasteiger partial charge in [-0.15, -0.1) is 0 Å². The second kappa shape index (κ2) is 43.7. The van der Waals surface area contributed by atoms with Gasteiger partial charge in [-0.1, -0.05) is 225 Å². The number of aliphatic carboxylic acids is 2. The molecule has 274 valence electrons. The zero-order chi connectivity index (χ0) is 34.0. The molecule has 46 heavy (non-hydrogen) atoms. The summed E-state index contributed by atoms with van der Waals surface area (Å²) >= 11 is 0. The largest absolute Gasteiger partial charge is 0.481 e. The first-order valence-corrected chi connectivity index (χ1v) is 20.7. The molecule has 0 aliphatic rings. The van der Waals surface area contributed by atoms with Crippen LogP contribution in [0.4, 0.5) is 0 Å². The van der Waals surface area contributed by atoms with Crippen LogP contribution in [0.5, 0.6) is 0 Å². The Morgan fingerprint density at radius 3 is 0.848 bits per heavy atom. The van der Waals surface area contributed by atoms with Crippen LogP contribution in [0.25, 0.3) is 0 Å². The van der Waals surface area contributed by atoms with E-state index in [9.17, 15) is 9.59 Å². The topological polar surface area (TPSA) is 74.6 Å². The number of allylic oxidation sites excluding steroid dienone is 1. The van der Waals surface area contributed by atoms with Crippen LogP contribution in [-0.4, -0.2) is 22.2 Å². The van der Waals surface area contributed by atoms with Gasteiger partial charge < -0.3 is 10.2 Å². The highest BCUT2D eigenvalue weighted by Crippen LogP contribution is 2.16. The van der Waals surface area contributed by atoms with E-state index in [0.717, 1.165) is 25.7 Å². The number of carboxylic acid groups (broad SMARTS) is 2. The van der Waals surface area contributed by atoms with Crippen LogP contribution < -0.4 is 0 Å². The number of hydrogen-bond donors (Lipinski definition) is 2. The van der Waals surface area contributed by atoms with Crippen molar-refractivity contribution in [2.75, 3.05) is 0 Å². The van der Waals surface area contributed by atoms with Gasteiger partial charge in [0.15, 0.2) is 0 Å². The predicted octanol–water partition coefficient (Wildman–Crippen LogP) is 14.8. The normalized spacial score (nSPS) is 11.2. The molecule has 0 atom stereocenters. The highest BCUT2D eigenvalue weighted by Gasteiger charge is 1.98. The van der Waals surface area contributed by atoms with Crippen molar-refractivity contribution in [3.05, 3.63) is 12.2 Å². The number of hydrogen-bond acceptors (Lipinski definition) is 2. The second-order valence-corrected chi connectivity index (χ2v) is 14.0. The van der Waals surface area contributed by atoms with Crippen molar-refractivity contribution in [3.8, 4) is 0 Å². The Labute approximate surface area is 288 Å². The maximum atomic E-state index is 10.4. The molecule has 0 bridgehead atoms. The summed E-state index contributed by atoms with van der Waals surface area (Å²) in [6, 6.07) is 0. The Bertz CT molecular complexity index is 615. The van der Waals surface area contributed by atoms with E-state index in [-0.39, 0.29) is 0 Å². The van der Waals surface area contributed by atoms with Gasteiger partial charge in [-0.2, -0.15) is 0 Å². The summed E-state index contributed by atoms with van der Waals surface area (Å²) in [5, 5.41) is 17.0. The third kappa shape index (κ3) is 49.6. The lowest BCUT2D eigenvalue weighted by Crippen LogP contribution is -1.93. The van der Waals surface area contributed by atoms with Crippen molar-refractivity contribution in [3.63, 3.8) is 0 Å². The second-order valence-electron chi connectivity index (χ2n) is 14.0. The summed E-state index contributed by atoms with van der Waals surface area (Å²) < 4.78 is 0. The average molecular weight is 651 g/mol. The van der Waals surface area contributed by atoms with E-state index < -0.39 is 11.9 Å². The molecule has 0 heterocycles. The van der Waals surface area contributed by atoms with Crippen molar-refractivity contribution in [1.82, 2.24) is 0 Å². The Morgan fingerprint density at radius 1 is 0.370 bits per heavy atom. The van der Waals surface area contributed by atoms with Gasteiger partial charge in [0.05, 0.1) is 0 Å². The molecule has 0 fully saturated rings. The molecule has 0 saturated heterocycles. The van der Waals surface area contributed by atoms with Crippen molar-refractivity contribution in [1.29, 1.82) is 0 Å². The van der Waals surface area contributed by atoms with Gasteiger partial charge in [0.25, 0.3) is 0 Å². The molecule has 0 aromatic carbocycles. The molecule has 4 nitrogen and oxygen atoms in total. The van der Waals surface area contributed by atoms with Crippen molar-refractivity contribution in [2.45, 2.75) is 245 Å². The monoisotopic (exact) mass is 651 g/mol. The predicted molar refractivity (Wildman–Crippen MR) is 202 cm³/mol. The van der Waals surface area contributed by atoms with Crippen LogP contribution >= 0.6 is 0 Å². The standard InChI is InChI=1S/C22H44O2.C20H38O2/c1-2-3-4-5-6-7-8-9-10-11-12-13-14-15-16-17-18-19-20-21-22(23)24;1-2-3-4-5-6-7-8-9-10-11-12-13-14-15-16-17-18-19-20(21)22/h2-21H2,1H3,(H,23,24);18-19H,2-17H2,1H3,(H,21,22)/b;19-18+. The SMILES string of the molecule is CCCCCCCCCCCCCCCCC/C=C/C(=O)O.CCCCCCCCCCCCCCCCCCCCCC(=O)O. The number of unbranched alkanes of at least 4 members (excludes halogenated alkanes) is 33. The Balaban J connectivity index is 0. The molecular weight excluding hydrogens is 568 g/mol. The molecule has 0 unspecified atom stereocenters. The highest BCUT2D eigenvalue weighted by atomic mass is 16.4. The molecule has 4 heteroatoms. The maximum Gasteiger partial charge on any atom is 0.327 e. The maximum absolute atomic E-state index is 10.4. The molecule has 0 spiro atoms. The van der Waals surface area contributed by atoms with Crippen LogP contribution in [0.2, 0.25) is 0 Å². The number of carboxylic acids is 2. The van der Waals surface area contributed by atoms with Crippen LogP contribution in [-0.2, 0) is 9.59 Å². The highest BCUT2D eigenvalue weighted by molar-refractivity contribution is 5.79. The van der Waals surface area contributed by atoms with Gasteiger partial charge in [-0.25, -0.2) is 4.79 Å². The van der Waals surface area contributed by atoms with Crippen molar-refractivity contribution in [2.24, 2.45) is 0 Å². The van der Waals surface area contributed by atoms with Crippen LogP contribution in [0.3, 0.4) is 0 Å². The molecule has 0 rings (SSSR count). The van der Waals surface area contributed by atoms with E-state index in [4.69, 9.17) is 10.2 Å². The Morgan fingerprint density at radius 2 is 0.609 bits per heavy atom. The zero-order valence-electron chi connectivity index (χ0n) is 31.3. The van der Waals surface area contributed by atoms with Crippen LogP contribution in [0, 0.1) is 0 Å². The molecule has 0 radical (unpaired) electrons. The van der Waals surface area contributed by atoms with Gasteiger partial charge in [0.1, 0.15) is 0 Å². The minimum absolute atomic E-state index is 0.346. The summed E-state index contributed by atoms with van der Waals surface area (Å²) in [5.41, 5.74) is 0. The summed E-state index contributed by atoms with van der Waals surface area (Å²) in [6.45, 7) is 4.56. The van der Waals surface area contributed by atoms with Crippen molar-refractivity contribution >= 4 is 11.9 Å². The summed E-state index contributed by atoms with van der Waals surface area (Å²) in [5.74, 6) is -1.48. The van der Waals surface area contributed by atoms with E-state index in [1.807, 2.05) is 0 Å². The van der Waals surface area contributed by atoms with E-state index in [1.165, 1.54) is 205 Å². The molecule has 0 aromatic rings. The Hall–Kier alpha value is -1.32. The number of rotatable bonds is 37. The summed E-state index contributed by atoms with van der Waals surface area (Å²) in [4.78, 5) is 20.7. The average Bonchev–Trinajstić information content (AvgIpc) is 3.03. The molecule has 0 amide bonds. The van der Waals surface area contributed by atoms with Gasteiger partial charge in [0, 0.05) is 12.5 Å². The third-order valence-corrected chi connectivity index (χ3v) is 9.23. The zero-order valence-corrected chi connectivity index (χ0v) is 31.3. The van der Waals surface area contributed by atoms with Crippen LogP contribution in [0.15, 0.2) is 12.2 Å². The van der Waals surface area contributed by atoms with E-state index in [0.29, 0.717) is 6.42 Å². The lowest BCUT2D eigenvalue weighted by atomic mass is 10.0. The van der Waals surface area contributed by atoms with Gasteiger partial charge in [-0.05, 0) is 19.3 Å². The molecule has 0 aliphatic carbocycles. The third-order valence-electron chi connectivity index (χ3n) is 9.23. The van der Waals surface area contributed by atoms with Gasteiger partial charge in [0.2, 0.25) is 0 Å².